The standard InChI is InChI=1S/C10H16N2O8.2C6H16N2O2/c13-7(14)3-11(4-8(15)16)1-2-12(5-9(17)18)6-10(19)20;2*7-1-3-9-5-6-10-4-2-8/h1-6H2,(H,13,14)(H,15,16)(H,17,18)(H,19,20);2*1-8H2. The summed E-state index contributed by atoms with van der Waals surface area (Å²) < 4.78 is 20.5. The number of ether oxygens (including phenoxy) is 4. The van der Waals surface area contributed by atoms with E-state index in [4.69, 9.17) is 18.9 Å². The number of hydrogen-bond acceptors (Lipinski definition) is 14. The molecular formula is C22H48N6O12. The second-order valence-electron chi connectivity index (χ2n) is 7.77. The predicted octanol–water partition coefficient (Wildman–Crippen LogP) is -12.4. The number of carbonyl (C=O) groups excluding carboxylic acids is 4. The highest BCUT2D eigenvalue weighted by atomic mass is 16.5. The lowest BCUT2D eigenvalue weighted by Gasteiger charge is -2.28. The van der Waals surface area contributed by atoms with E-state index >= 15 is 0 Å². The molecule has 238 valence electrons. The minimum Gasteiger partial charge on any atom is -0.549 e. The van der Waals surface area contributed by atoms with Crippen LogP contribution in [0, 0.1) is 0 Å². The first-order chi connectivity index (χ1) is 19.0. The van der Waals surface area contributed by atoms with E-state index in [9.17, 15) is 39.6 Å². The zero-order chi connectivity index (χ0) is 31.0. The average Bonchev–Trinajstić information content (AvgIpc) is 2.86. The lowest BCUT2D eigenvalue weighted by molar-refractivity contribution is -0.376. The Balaban J connectivity index is -0.000000573. The summed E-state index contributed by atoms with van der Waals surface area (Å²) in [5.74, 6) is -6.12. The maximum Gasteiger partial charge on any atom is 0.0977 e. The lowest BCUT2D eigenvalue weighted by Crippen LogP contribution is -2.52. The van der Waals surface area contributed by atoms with Gasteiger partial charge in [-0.2, -0.15) is 0 Å². The third-order valence-electron chi connectivity index (χ3n) is 4.04. The summed E-state index contributed by atoms with van der Waals surface area (Å²) in [7, 11) is 0. The SMILES string of the molecule is O=C([O-])CN(CCN(CC(=O)[O-])CC(=O)[O-])CC(=O)[O-].[NH3+]CCOCCOCC[NH3+].[NH3+]CCOCCOCC[NH3+]. The molecule has 0 aliphatic carbocycles. The minimum atomic E-state index is -1.53. The van der Waals surface area contributed by atoms with Crippen LogP contribution < -0.4 is 43.4 Å². The summed E-state index contributed by atoms with van der Waals surface area (Å²) in [5.41, 5.74) is 14.6. The van der Waals surface area contributed by atoms with Crippen molar-refractivity contribution >= 4 is 23.9 Å². The van der Waals surface area contributed by atoms with Gasteiger partial charge in [-0.05, 0) is 0 Å². The second-order valence-corrected chi connectivity index (χ2v) is 7.77. The molecule has 0 atom stereocenters. The Bertz CT molecular complexity index is 533. The van der Waals surface area contributed by atoms with Gasteiger partial charge in [-0.3, -0.25) is 9.80 Å². The van der Waals surface area contributed by atoms with Gasteiger partial charge in [0.2, 0.25) is 0 Å². The molecule has 0 aromatic rings. The number of carboxylic acids is 4. The lowest BCUT2D eigenvalue weighted by atomic mass is 10.4. The molecule has 0 aliphatic heterocycles. The van der Waals surface area contributed by atoms with Crippen LogP contribution in [0.1, 0.15) is 0 Å². The summed E-state index contributed by atoms with van der Waals surface area (Å²) in [5, 5.41) is 41.6. The second kappa shape index (κ2) is 32.7. The van der Waals surface area contributed by atoms with Crippen LogP contribution in [0.3, 0.4) is 0 Å². The number of rotatable bonds is 25. The molecule has 0 saturated carbocycles. The van der Waals surface area contributed by atoms with Gasteiger partial charge in [0.15, 0.2) is 0 Å². The van der Waals surface area contributed by atoms with Crippen molar-refractivity contribution in [3.63, 3.8) is 0 Å². The summed E-state index contributed by atoms with van der Waals surface area (Å²) in [6, 6.07) is 0. The highest BCUT2D eigenvalue weighted by molar-refractivity contribution is 5.71. The Morgan fingerprint density at radius 1 is 0.425 bits per heavy atom. The van der Waals surface area contributed by atoms with Gasteiger partial charge < -0.3 is 81.5 Å². The van der Waals surface area contributed by atoms with E-state index < -0.39 is 50.1 Å². The van der Waals surface area contributed by atoms with Crippen molar-refractivity contribution in [3.8, 4) is 0 Å². The van der Waals surface area contributed by atoms with Crippen LogP contribution in [0.25, 0.3) is 0 Å². The zero-order valence-corrected chi connectivity index (χ0v) is 23.3. The quantitative estimate of drug-likeness (QED) is 0.0720. The Kier molecular flexibility index (Phi) is 34.3. The third kappa shape index (κ3) is 40.0. The van der Waals surface area contributed by atoms with Crippen molar-refractivity contribution in [3.05, 3.63) is 0 Å². The van der Waals surface area contributed by atoms with E-state index in [1.165, 1.54) is 0 Å². The van der Waals surface area contributed by atoms with Crippen LogP contribution in [-0.2, 0) is 38.1 Å². The number of aliphatic carboxylic acids is 4. The molecule has 12 N–H and O–H groups in total. The molecule has 18 nitrogen and oxygen atoms in total. The summed E-state index contributed by atoms with van der Waals surface area (Å²) in [6.45, 7) is 5.69. The number of carbonyl (C=O) groups is 4. The first kappa shape index (κ1) is 42.0. The normalized spacial score (nSPS) is 10.4. The Morgan fingerprint density at radius 3 is 0.775 bits per heavy atom. The van der Waals surface area contributed by atoms with Crippen LogP contribution >= 0.6 is 0 Å². The number of quaternary nitrogens is 4. The Hall–Kier alpha value is -2.52. The molecule has 0 fully saturated rings. The van der Waals surface area contributed by atoms with Gasteiger partial charge >= 0.3 is 0 Å². The zero-order valence-electron chi connectivity index (χ0n) is 23.3. The Labute approximate surface area is 234 Å². The van der Waals surface area contributed by atoms with E-state index in [-0.39, 0.29) is 13.1 Å². The fourth-order valence-electron chi connectivity index (χ4n) is 2.49. The molecule has 0 aromatic carbocycles. The molecule has 0 radical (unpaired) electrons. The third-order valence-corrected chi connectivity index (χ3v) is 4.04. The smallest absolute Gasteiger partial charge is 0.0977 e. The largest absolute Gasteiger partial charge is 0.549 e. The van der Waals surface area contributed by atoms with E-state index in [0.717, 1.165) is 62.4 Å². The highest BCUT2D eigenvalue weighted by Crippen LogP contribution is 1.92. The molecule has 18 heteroatoms. The molecule has 0 bridgehead atoms. The van der Waals surface area contributed by atoms with Gasteiger partial charge in [0.05, 0.1) is 103 Å². The maximum absolute atomic E-state index is 10.4. The highest BCUT2D eigenvalue weighted by Gasteiger charge is 2.10. The van der Waals surface area contributed by atoms with Crippen molar-refractivity contribution < 1.29 is 81.5 Å². The van der Waals surface area contributed by atoms with Gasteiger partial charge in [0, 0.05) is 39.3 Å². The van der Waals surface area contributed by atoms with E-state index in [2.05, 4.69) is 22.9 Å². The van der Waals surface area contributed by atoms with Crippen LogP contribution in [0.15, 0.2) is 0 Å². The molecular weight excluding hydrogens is 540 g/mol. The first-order valence-corrected chi connectivity index (χ1v) is 12.8. The fraction of sp³-hybridized carbons (Fsp3) is 0.818. The molecule has 0 heterocycles. The average molecular weight is 589 g/mol. The molecule has 0 rings (SSSR count). The predicted molar refractivity (Wildman–Crippen MR) is 127 cm³/mol. The number of carboxylic acid groups (broad SMARTS) is 4. The van der Waals surface area contributed by atoms with Crippen molar-refractivity contribution in [2.45, 2.75) is 0 Å². The van der Waals surface area contributed by atoms with Gasteiger partial charge in [-0.1, -0.05) is 0 Å². The number of nitrogens with zero attached hydrogens (tertiary/aromatic N) is 2. The molecule has 0 aliphatic rings. The van der Waals surface area contributed by atoms with Crippen LogP contribution in [-0.4, -0.2) is 152 Å². The Morgan fingerprint density at radius 2 is 0.625 bits per heavy atom. The molecule has 0 unspecified atom stereocenters. The minimum absolute atomic E-state index is 0.206. The van der Waals surface area contributed by atoms with Gasteiger partial charge in [0.25, 0.3) is 0 Å². The maximum atomic E-state index is 10.4. The molecule has 0 amide bonds. The van der Waals surface area contributed by atoms with Crippen molar-refractivity contribution in [2.75, 3.05) is 118 Å². The van der Waals surface area contributed by atoms with Crippen molar-refractivity contribution in [1.29, 1.82) is 0 Å². The van der Waals surface area contributed by atoms with Crippen molar-refractivity contribution in [2.24, 2.45) is 0 Å². The summed E-state index contributed by atoms with van der Waals surface area (Å²) in [4.78, 5) is 43.4. The molecule has 0 aromatic heterocycles. The van der Waals surface area contributed by atoms with Crippen LogP contribution in [0.2, 0.25) is 0 Å². The van der Waals surface area contributed by atoms with Gasteiger partial charge in [0.1, 0.15) is 0 Å². The van der Waals surface area contributed by atoms with Crippen LogP contribution in [0.5, 0.6) is 0 Å². The van der Waals surface area contributed by atoms with Crippen LogP contribution in [0.4, 0.5) is 0 Å². The molecule has 0 spiro atoms. The summed E-state index contributed by atoms with van der Waals surface area (Å²) in [6.07, 6.45) is 0. The van der Waals surface area contributed by atoms with Gasteiger partial charge in [-0.15, -0.1) is 0 Å². The molecule has 0 saturated heterocycles. The van der Waals surface area contributed by atoms with Crippen molar-refractivity contribution in [1.82, 2.24) is 9.80 Å². The fourth-order valence-corrected chi connectivity index (χ4v) is 2.49. The summed E-state index contributed by atoms with van der Waals surface area (Å²) >= 11 is 0. The topological polar surface area (TPSA) is 314 Å². The molecule has 40 heavy (non-hydrogen) atoms. The monoisotopic (exact) mass is 588 g/mol. The first-order valence-electron chi connectivity index (χ1n) is 12.8. The van der Waals surface area contributed by atoms with E-state index in [1.54, 1.807) is 0 Å². The van der Waals surface area contributed by atoms with E-state index in [0.29, 0.717) is 26.4 Å². The van der Waals surface area contributed by atoms with E-state index in [1.807, 2.05) is 0 Å². The van der Waals surface area contributed by atoms with Gasteiger partial charge in [-0.25, -0.2) is 0 Å². The number of hydrogen-bond donors (Lipinski definition) is 4.